The molecule has 0 saturated carbocycles. The average molecular weight is 622 g/mol. The number of unbranched alkanes of at least 4 members (excludes halogenated alkanes) is 9. The maximum atomic E-state index is 12.3. The zero-order valence-corrected chi connectivity index (χ0v) is 28.8. The van der Waals surface area contributed by atoms with Gasteiger partial charge in [-0.2, -0.15) is 0 Å². The zero-order valence-electron chi connectivity index (χ0n) is 28.8. The van der Waals surface area contributed by atoms with E-state index >= 15 is 0 Å². The maximum Gasteiger partial charge on any atom is 0.220 e. The molecule has 0 aromatic rings. The monoisotopic (exact) mass is 622 g/mol. The highest BCUT2D eigenvalue weighted by Gasteiger charge is 2.17. The molecule has 0 aliphatic carbocycles. The van der Waals surface area contributed by atoms with Gasteiger partial charge in [-0.1, -0.05) is 143 Å². The molecule has 0 bridgehead atoms. The van der Waals surface area contributed by atoms with E-state index in [9.17, 15) is 15.0 Å². The highest BCUT2D eigenvalue weighted by atomic mass is 16.3. The Bertz CT molecular complexity index is 890. The molecule has 4 heteroatoms. The Labute approximate surface area is 277 Å². The van der Waals surface area contributed by atoms with Crippen LogP contribution in [-0.2, 0) is 4.79 Å². The van der Waals surface area contributed by atoms with Crippen LogP contribution in [0.5, 0.6) is 0 Å². The summed E-state index contributed by atoms with van der Waals surface area (Å²) in [5.41, 5.74) is 0. The maximum absolute atomic E-state index is 12.3. The summed E-state index contributed by atoms with van der Waals surface area (Å²) in [7, 11) is 0. The highest BCUT2D eigenvalue weighted by molar-refractivity contribution is 5.76. The molecular weight excluding hydrogens is 554 g/mol. The predicted octanol–water partition coefficient (Wildman–Crippen LogP) is 10.7. The van der Waals surface area contributed by atoms with Gasteiger partial charge in [0, 0.05) is 6.42 Å². The first-order valence-corrected chi connectivity index (χ1v) is 18.0. The second-order valence-electron chi connectivity index (χ2n) is 11.5. The van der Waals surface area contributed by atoms with Crippen LogP contribution in [0.15, 0.2) is 97.2 Å². The minimum atomic E-state index is -0.884. The van der Waals surface area contributed by atoms with Gasteiger partial charge >= 0.3 is 0 Å². The lowest BCUT2D eigenvalue weighted by Gasteiger charge is -2.19. The number of aliphatic hydroxyl groups excluding tert-OH is 2. The molecule has 0 aromatic heterocycles. The van der Waals surface area contributed by atoms with Gasteiger partial charge in [-0.3, -0.25) is 4.79 Å². The summed E-state index contributed by atoms with van der Waals surface area (Å²) >= 11 is 0. The van der Waals surface area contributed by atoms with Crippen LogP contribution in [0.1, 0.15) is 136 Å². The predicted molar refractivity (Wildman–Crippen MR) is 197 cm³/mol. The van der Waals surface area contributed by atoms with Crippen molar-refractivity contribution in [2.45, 2.75) is 148 Å². The van der Waals surface area contributed by atoms with E-state index in [1.165, 1.54) is 38.5 Å². The van der Waals surface area contributed by atoms with E-state index in [0.717, 1.165) is 77.0 Å². The van der Waals surface area contributed by atoms with Crippen molar-refractivity contribution < 1.29 is 15.0 Å². The van der Waals surface area contributed by atoms with Gasteiger partial charge in [0.25, 0.3) is 0 Å². The van der Waals surface area contributed by atoms with Crippen molar-refractivity contribution in [3.05, 3.63) is 97.2 Å². The average Bonchev–Trinajstić information content (AvgIpc) is 3.04. The van der Waals surface area contributed by atoms with Crippen LogP contribution in [0.2, 0.25) is 0 Å². The van der Waals surface area contributed by atoms with Gasteiger partial charge in [0.1, 0.15) is 0 Å². The molecule has 0 radical (unpaired) electrons. The summed E-state index contributed by atoms with van der Waals surface area (Å²) in [4.78, 5) is 12.3. The minimum Gasteiger partial charge on any atom is -0.394 e. The summed E-state index contributed by atoms with van der Waals surface area (Å²) in [6, 6.07) is -0.666. The van der Waals surface area contributed by atoms with Crippen LogP contribution in [0, 0.1) is 0 Å². The van der Waals surface area contributed by atoms with Crippen molar-refractivity contribution in [2.24, 2.45) is 0 Å². The van der Waals surface area contributed by atoms with Crippen molar-refractivity contribution in [2.75, 3.05) is 6.61 Å². The van der Waals surface area contributed by atoms with Crippen LogP contribution >= 0.6 is 0 Å². The molecule has 0 fully saturated rings. The Morgan fingerprint density at radius 1 is 0.556 bits per heavy atom. The number of carbonyl (C=O) groups excluding carboxylic acids is 1. The van der Waals surface area contributed by atoms with Gasteiger partial charge in [0.2, 0.25) is 5.91 Å². The topological polar surface area (TPSA) is 69.6 Å². The number of nitrogens with one attached hydrogen (secondary N) is 1. The fourth-order valence-electron chi connectivity index (χ4n) is 4.55. The van der Waals surface area contributed by atoms with Crippen molar-refractivity contribution in [3.8, 4) is 0 Å². The molecule has 3 N–H and O–H groups in total. The molecule has 0 aromatic carbocycles. The molecule has 0 aliphatic heterocycles. The number of allylic oxidation sites excluding steroid dienone is 15. The first-order valence-electron chi connectivity index (χ1n) is 18.0. The Kier molecular flexibility index (Phi) is 33.6. The number of carbonyl (C=O) groups is 1. The van der Waals surface area contributed by atoms with Crippen LogP contribution < -0.4 is 5.32 Å². The van der Waals surface area contributed by atoms with Crippen LogP contribution in [0.25, 0.3) is 0 Å². The highest BCUT2D eigenvalue weighted by Crippen LogP contribution is 2.08. The largest absolute Gasteiger partial charge is 0.394 e. The molecule has 0 rings (SSSR count). The summed E-state index contributed by atoms with van der Waals surface area (Å²) in [5.74, 6) is -0.123. The lowest BCUT2D eigenvalue weighted by molar-refractivity contribution is -0.123. The van der Waals surface area contributed by atoms with Gasteiger partial charge < -0.3 is 15.5 Å². The molecule has 4 nitrogen and oxygen atoms in total. The molecule has 0 heterocycles. The number of hydrogen-bond acceptors (Lipinski definition) is 3. The Balaban J connectivity index is 3.84. The van der Waals surface area contributed by atoms with Crippen molar-refractivity contribution in [3.63, 3.8) is 0 Å². The van der Waals surface area contributed by atoms with Gasteiger partial charge in [0.15, 0.2) is 0 Å². The van der Waals surface area contributed by atoms with E-state index in [0.29, 0.717) is 6.42 Å². The third-order valence-electron chi connectivity index (χ3n) is 7.30. The first kappa shape index (κ1) is 42.3. The summed E-state index contributed by atoms with van der Waals surface area (Å²) < 4.78 is 0. The summed E-state index contributed by atoms with van der Waals surface area (Å²) in [5, 5.41) is 22.8. The normalized spacial score (nSPS) is 14.3. The second-order valence-corrected chi connectivity index (χ2v) is 11.5. The molecular formula is C41H67NO3. The van der Waals surface area contributed by atoms with E-state index in [1.54, 1.807) is 6.08 Å². The molecule has 2 unspecified atom stereocenters. The number of rotatable bonds is 30. The third kappa shape index (κ3) is 32.5. The lowest BCUT2D eigenvalue weighted by atomic mass is 10.1. The van der Waals surface area contributed by atoms with Crippen molar-refractivity contribution >= 4 is 5.91 Å². The Morgan fingerprint density at radius 3 is 1.56 bits per heavy atom. The molecule has 1 amide bonds. The Hall–Kier alpha value is -2.69. The standard InChI is InChI=1S/C41H67NO3/c1-3-5-7-9-11-13-15-17-18-19-20-21-22-23-24-25-27-29-31-33-35-37-41(45)42-39(38-43)40(44)36-34-32-30-28-26-16-14-12-10-8-6-4-2/h5,7,11,13,17-18,20-21,23-24,26-29,34,36,39-40,43-44H,3-4,6,8-10,12,14-16,19,22,25,30-33,35,37-38H2,1-2H3,(H,42,45)/b7-5-,13-11-,18-17-,21-20-,24-23-,28-26+,29-27-,36-34+. The third-order valence-corrected chi connectivity index (χ3v) is 7.30. The van der Waals surface area contributed by atoms with E-state index < -0.39 is 12.1 Å². The van der Waals surface area contributed by atoms with Gasteiger partial charge in [-0.25, -0.2) is 0 Å². The first-order chi connectivity index (χ1) is 22.2. The quantitative estimate of drug-likeness (QED) is 0.0552. The van der Waals surface area contributed by atoms with E-state index in [4.69, 9.17) is 0 Å². The van der Waals surface area contributed by atoms with E-state index in [2.05, 4.69) is 104 Å². The van der Waals surface area contributed by atoms with Crippen LogP contribution in [-0.4, -0.2) is 34.9 Å². The minimum absolute atomic E-state index is 0.123. The fraction of sp³-hybridized carbons (Fsp3) is 0.585. The van der Waals surface area contributed by atoms with Gasteiger partial charge in [-0.15, -0.1) is 0 Å². The number of hydrogen-bond donors (Lipinski definition) is 3. The summed E-state index contributed by atoms with van der Waals surface area (Å²) in [6.45, 7) is 4.11. The van der Waals surface area contributed by atoms with Crippen molar-refractivity contribution in [1.82, 2.24) is 5.32 Å². The van der Waals surface area contributed by atoms with E-state index in [-0.39, 0.29) is 12.5 Å². The van der Waals surface area contributed by atoms with Crippen LogP contribution in [0.4, 0.5) is 0 Å². The smallest absolute Gasteiger partial charge is 0.220 e. The van der Waals surface area contributed by atoms with Crippen LogP contribution in [0.3, 0.4) is 0 Å². The number of aliphatic hydroxyl groups is 2. The molecule has 254 valence electrons. The van der Waals surface area contributed by atoms with Gasteiger partial charge in [-0.05, 0) is 83.5 Å². The number of amides is 1. The zero-order chi connectivity index (χ0) is 32.9. The molecule has 0 spiro atoms. The van der Waals surface area contributed by atoms with Gasteiger partial charge in [0.05, 0.1) is 18.8 Å². The lowest BCUT2D eigenvalue weighted by Crippen LogP contribution is -2.45. The molecule has 0 aliphatic rings. The molecule has 0 saturated heterocycles. The SMILES string of the molecule is CC/C=C\C/C=C\C/C=C\C/C=C\C/C=C\C/C=C\CCCCC(=O)NC(CO)C(O)/C=C/CC/C=C/CCCCCCCC. The fourth-order valence-corrected chi connectivity index (χ4v) is 4.55. The van der Waals surface area contributed by atoms with E-state index in [1.807, 2.05) is 6.08 Å². The Morgan fingerprint density at radius 2 is 1.00 bits per heavy atom. The molecule has 2 atom stereocenters. The second kappa shape index (κ2) is 35.8. The van der Waals surface area contributed by atoms with Crippen molar-refractivity contribution in [1.29, 1.82) is 0 Å². The summed E-state index contributed by atoms with van der Waals surface area (Å²) in [6.07, 6.45) is 53.4. The molecule has 45 heavy (non-hydrogen) atoms.